The molecule has 0 aliphatic carbocycles. The molecule has 0 bridgehead atoms. The molecule has 0 spiro atoms. The van der Waals surface area contributed by atoms with E-state index in [4.69, 9.17) is 0 Å². The normalized spacial score (nSPS) is 10.3. The highest BCUT2D eigenvalue weighted by molar-refractivity contribution is 14.1. The summed E-state index contributed by atoms with van der Waals surface area (Å²) >= 11 is 3.80. The van der Waals surface area contributed by atoms with E-state index >= 15 is 0 Å². The summed E-state index contributed by atoms with van der Waals surface area (Å²) in [6.45, 7) is 0.767. The van der Waals surface area contributed by atoms with E-state index in [1.165, 1.54) is 0 Å². The number of aryl methyl sites for hydroxylation is 1. The first-order chi connectivity index (χ1) is 6.25. The molecule has 0 unspecified atom stereocenters. The molecule has 1 aromatic heterocycles. The van der Waals surface area contributed by atoms with Crippen molar-refractivity contribution >= 4 is 34.4 Å². The first kappa shape index (κ1) is 11.0. The number of thioether (sulfide) groups is 1. The molecule has 1 heterocycles. The lowest BCUT2D eigenvalue weighted by Crippen LogP contribution is -2.22. The van der Waals surface area contributed by atoms with Crippen molar-refractivity contribution < 1.29 is 0 Å². The number of hydrogen-bond acceptors (Lipinski definition) is 3. The van der Waals surface area contributed by atoms with Crippen molar-refractivity contribution in [2.24, 2.45) is 0 Å². The summed E-state index contributed by atoms with van der Waals surface area (Å²) in [6, 6.07) is 0. The Kier molecular flexibility index (Phi) is 4.79. The summed E-state index contributed by atoms with van der Waals surface area (Å²) in [5.74, 6) is 1.08. The van der Waals surface area contributed by atoms with Crippen molar-refractivity contribution in [1.29, 1.82) is 0 Å². The quantitative estimate of drug-likeness (QED) is 0.626. The predicted molar refractivity (Wildman–Crippen MR) is 64.2 cm³/mol. The molecule has 3 nitrogen and oxygen atoms in total. The van der Waals surface area contributed by atoms with Crippen LogP contribution >= 0.6 is 34.4 Å². The van der Waals surface area contributed by atoms with E-state index in [-0.39, 0.29) is 5.56 Å². The molecule has 0 N–H and O–H groups in total. The molecule has 0 radical (unpaired) electrons. The number of halogens is 1. The van der Waals surface area contributed by atoms with E-state index in [0.29, 0.717) is 3.57 Å². The highest BCUT2D eigenvalue weighted by atomic mass is 127. The van der Waals surface area contributed by atoms with Crippen molar-refractivity contribution in [1.82, 2.24) is 9.55 Å². The van der Waals surface area contributed by atoms with Gasteiger partial charge in [-0.3, -0.25) is 9.36 Å². The third kappa shape index (κ3) is 3.30. The molecular weight excluding hydrogens is 299 g/mol. The lowest BCUT2D eigenvalue weighted by atomic mass is 10.4. The zero-order valence-corrected chi connectivity index (χ0v) is 10.3. The van der Waals surface area contributed by atoms with Gasteiger partial charge >= 0.3 is 0 Å². The van der Waals surface area contributed by atoms with Crippen LogP contribution < -0.4 is 5.56 Å². The second-order valence-electron chi connectivity index (χ2n) is 2.59. The van der Waals surface area contributed by atoms with Crippen LogP contribution in [0.1, 0.15) is 6.42 Å². The summed E-state index contributed by atoms with van der Waals surface area (Å²) in [5, 5.41) is 0. The van der Waals surface area contributed by atoms with Gasteiger partial charge in [-0.05, 0) is 41.0 Å². The first-order valence-electron chi connectivity index (χ1n) is 3.94. The van der Waals surface area contributed by atoms with E-state index in [1.54, 1.807) is 28.9 Å². The Morgan fingerprint density at radius 3 is 3.15 bits per heavy atom. The lowest BCUT2D eigenvalue weighted by molar-refractivity contribution is 0.641. The summed E-state index contributed by atoms with van der Waals surface area (Å²) in [7, 11) is 0. The van der Waals surface area contributed by atoms with Crippen LogP contribution in [0.15, 0.2) is 17.3 Å². The fourth-order valence-electron chi connectivity index (χ4n) is 0.963. The van der Waals surface area contributed by atoms with E-state index in [1.807, 2.05) is 22.6 Å². The van der Waals surface area contributed by atoms with Gasteiger partial charge in [0.1, 0.15) is 0 Å². The second-order valence-corrected chi connectivity index (χ2v) is 4.73. The van der Waals surface area contributed by atoms with E-state index < -0.39 is 0 Å². The second kappa shape index (κ2) is 5.64. The Labute approximate surface area is 95.1 Å². The molecule has 1 rings (SSSR count). The Morgan fingerprint density at radius 1 is 1.69 bits per heavy atom. The zero-order chi connectivity index (χ0) is 9.68. The van der Waals surface area contributed by atoms with Gasteiger partial charge < -0.3 is 0 Å². The molecule has 13 heavy (non-hydrogen) atoms. The lowest BCUT2D eigenvalue weighted by Gasteiger charge is -2.03. The SMILES string of the molecule is CSCCCn1cncc(I)c1=O. The maximum Gasteiger partial charge on any atom is 0.266 e. The predicted octanol–water partition coefficient (Wildman–Crippen LogP) is 1.60. The van der Waals surface area contributed by atoms with Crippen LogP contribution in [0.25, 0.3) is 0 Å². The maximum absolute atomic E-state index is 11.5. The largest absolute Gasteiger partial charge is 0.298 e. The molecule has 0 aliphatic heterocycles. The molecule has 0 aromatic carbocycles. The fourth-order valence-corrected chi connectivity index (χ4v) is 1.85. The van der Waals surface area contributed by atoms with Crippen LogP contribution in [-0.4, -0.2) is 21.6 Å². The summed E-state index contributed by atoms with van der Waals surface area (Å²) in [6.07, 6.45) is 6.28. The molecule has 1 aromatic rings. The van der Waals surface area contributed by atoms with Gasteiger partial charge in [-0.15, -0.1) is 0 Å². The Hall–Kier alpha value is -0.0400. The molecular formula is C8H11IN2OS. The van der Waals surface area contributed by atoms with Crippen LogP contribution in [0.4, 0.5) is 0 Å². The fraction of sp³-hybridized carbons (Fsp3) is 0.500. The van der Waals surface area contributed by atoms with Crippen molar-refractivity contribution in [3.05, 3.63) is 26.4 Å². The molecule has 0 fully saturated rings. The van der Waals surface area contributed by atoms with E-state index in [2.05, 4.69) is 11.2 Å². The molecule has 0 amide bonds. The van der Waals surface area contributed by atoms with Gasteiger partial charge in [-0.25, -0.2) is 4.98 Å². The highest BCUT2D eigenvalue weighted by Gasteiger charge is 1.99. The zero-order valence-electron chi connectivity index (χ0n) is 7.36. The van der Waals surface area contributed by atoms with Crippen LogP contribution in [-0.2, 0) is 6.54 Å². The van der Waals surface area contributed by atoms with Gasteiger partial charge in [0.25, 0.3) is 5.56 Å². The minimum atomic E-state index is 0.0664. The Balaban J connectivity index is 2.67. The van der Waals surface area contributed by atoms with Crippen molar-refractivity contribution in [3.63, 3.8) is 0 Å². The number of nitrogens with zero attached hydrogens (tertiary/aromatic N) is 2. The van der Waals surface area contributed by atoms with Crippen LogP contribution in [0.2, 0.25) is 0 Å². The van der Waals surface area contributed by atoms with Crippen LogP contribution in [0, 0.1) is 3.57 Å². The Bertz CT molecular complexity index is 326. The summed E-state index contributed by atoms with van der Waals surface area (Å²) in [5.41, 5.74) is 0.0664. The Morgan fingerprint density at radius 2 is 2.46 bits per heavy atom. The van der Waals surface area contributed by atoms with E-state index in [0.717, 1.165) is 18.7 Å². The highest BCUT2D eigenvalue weighted by Crippen LogP contribution is 1.98. The molecule has 72 valence electrons. The van der Waals surface area contributed by atoms with Crippen LogP contribution in [0.3, 0.4) is 0 Å². The van der Waals surface area contributed by atoms with Gasteiger partial charge in [-0.1, -0.05) is 0 Å². The molecule has 0 saturated carbocycles. The number of hydrogen-bond donors (Lipinski definition) is 0. The average Bonchev–Trinajstić information content (AvgIpc) is 2.13. The topological polar surface area (TPSA) is 34.9 Å². The third-order valence-electron chi connectivity index (χ3n) is 1.61. The van der Waals surface area contributed by atoms with Gasteiger partial charge in [0, 0.05) is 12.7 Å². The van der Waals surface area contributed by atoms with Crippen molar-refractivity contribution in [2.75, 3.05) is 12.0 Å². The summed E-state index contributed by atoms with van der Waals surface area (Å²) < 4.78 is 2.35. The van der Waals surface area contributed by atoms with Crippen molar-refractivity contribution in [3.8, 4) is 0 Å². The molecule has 0 aliphatic rings. The standard InChI is InChI=1S/C8H11IN2OS/c1-13-4-2-3-11-6-10-5-7(9)8(11)12/h5-6H,2-4H2,1H3. The van der Waals surface area contributed by atoms with Crippen LogP contribution in [0.5, 0.6) is 0 Å². The smallest absolute Gasteiger partial charge is 0.266 e. The molecule has 5 heteroatoms. The molecule has 0 saturated heterocycles. The number of rotatable bonds is 4. The minimum Gasteiger partial charge on any atom is -0.298 e. The number of aromatic nitrogens is 2. The van der Waals surface area contributed by atoms with Gasteiger partial charge in [0.05, 0.1) is 9.90 Å². The van der Waals surface area contributed by atoms with Gasteiger partial charge in [0.15, 0.2) is 0 Å². The molecule has 0 atom stereocenters. The first-order valence-corrected chi connectivity index (χ1v) is 6.42. The van der Waals surface area contributed by atoms with Crippen molar-refractivity contribution in [2.45, 2.75) is 13.0 Å². The monoisotopic (exact) mass is 310 g/mol. The van der Waals surface area contributed by atoms with Gasteiger partial charge in [0.2, 0.25) is 0 Å². The van der Waals surface area contributed by atoms with E-state index in [9.17, 15) is 4.79 Å². The van der Waals surface area contributed by atoms with Gasteiger partial charge in [-0.2, -0.15) is 11.8 Å². The maximum atomic E-state index is 11.5. The third-order valence-corrected chi connectivity index (χ3v) is 3.04. The average molecular weight is 310 g/mol. The minimum absolute atomic E-state index is 0.0664. The summed E-state index contributed by atoms with van der Waals surface area (Å²) in [4.78, 5) is 15.4.